The molecule has 0 saturated heterocycles. The summed E-state index contributed by atoms with van der Waals surface area (Å²) in [6.45, 7) is 4.78. The van der Waals surface area contributed by atoms with Crippen LogP contribution in [0.1, 0.15) is 25.0 Å². The highest BCUT2D eigenvalue weighted by Gasteiger charge is 2.19. The molecule has 0 N–H and O–H groups in total. The molecule has 2 rings (SSSR count). The first kappa shape index (κ1) is 16.6. The lowest BCUT2D eigenvalue weighted by molar-refractivity contribution is 0.0828. The zero-order valence-corrected chi connectivity index (χ0v) is 14.4. The second-order valence-electron chi connectivity index (χ2n) is 5.35. The molecule has 0 aliphatic carbocycles. The van der Waals surface area contributed by atoms with Crippen LogP contribution in [0.15, 0.2) is 59.1 Å². The van der Waals surface area contributed by atoms with Crippen molar-refractivity contribution in [2.24, 2.45) is 0 Å². The minimum absolute atomic E-state index is 0.0652. The Morgan fingerprint density at radius 1 is 1.09 bits per heavy atom. The van der Waals surface area contributed by atoms with E-state index in [1.54, 1.807) is 4.90 Å². The van der Waals surface area contributed by atoms with E-state index in [0.29, 0.717) is 13.2 Å². The van der Waals surface area contributed by atoms with E-state index in [1.165, 1.54) is 0 Å². The van der Waals surface area contributed by atoms with Gasteiger partial charge in [-0.15, -0.1) is 0 Å². The maximum Gasteiger partial charge on any atom is 0.410 e. The molecule has 4 heteroatoms. The van der Waals surface area contributed by atoms with Gasteiger partial charge in [-0.2, -0.15) is 0 Å². The summed E-state index contributed by atoms with van der Waals surface area (Å²) in [4.78, 5) is 14.1. The van der Waals surface area contributed by atoms with Crippen LogP contribution in [0.3, 0.4) is 0 Å². The van der Waals surface area contributed by atoms with Gasteiger partial charge in [0, 0.05) is 10.5 Å². The smallest absolute Gasteiger partial charge is 0.410 e. The number of carbonyl (C=O) groups is 1. The number of hydrogen-bond donors (Lipinski definition) is 0. The molecule has 2 aromatic carbocycles. The molecule has 0 atom stereocenters. The molecule has 0 aliphatic heterocycles. The van der Waals surface area contributed by atoms with Gasteiger partial charge in [0.05, 0.1) is 6.54 Å². The number of rotatable bonds is 5. The molecule has 0 radical (unpaired) electrons. The van der Waals surface area contributed by atoms with E-state index in [4.69, 9.17) is 4.74 Å². The summed E-state index contributed by atoms with van der Waals surface area (Å²) >= 11 is 3.52. The highest BCUT2D eigenvalue weighted by Crippen LogP contribution is 2.19. The molecule has 0 fully saturated rings. The van der Waals surface area contributed by atoms with E-state index in [2.05, 4.69) is 15.9 Å². The minimum Gasteiger partial charge on any atom is -0.445 e. The van der Waals surface area contributed by atoms with Crippen molar-refractivity contribution in [1.29, 1.82) is 0 Å². The molecule has 0 aromatic heterocycles. The topological polar surface area (TPSA) is 29.5 Å². The van der Waals surface area contributed by atoms with Gasteiger partial charge in [0.15, 0.2) is 0 Å². The van der Waals surface area contributed by atoms with Crippen LogP contribution < -0.4 is 0 Å². The Bertz CT molecular complexity index is 613. The fraction of sp³-hybridized carbons (Fsp3) is 0.278. The van der Waals surface area contributed by atoms with Gasteiger partial charge in [0.25, 0.3) is 0 Å². The number of hydrogen-bond acceptors (Lipinski definition) is 2. The molecule has 22 heavy (non-hydrogen) atoms. The van der Waals surface area contributed by atoms with Crippen molar-refractivity contribution in [3.63, 3.8) is 0 Å². The third kappa shape index (κ3) is 4.60. The van der Waals surface area contributed by atoms with Crippen LogP contribution in [0.5, 0.6) is 0 Å². The Morgan fingerprint density at radius 3 is 2.36 bits per heavy atom. The van der Waals surface area contributed by atoms with Gasteiger partial charge in [0.1, 0.15) is 6.61 Å². The number of nitrogens with zero attached hydrogens (tertiary/aromatic N) is 1. The van der Waals surface area contributed by atoms with Gasteiger partial charge in [-0.25, -0.2) is 4.79 Å². The second-order valence-corrected chi connectivity index (χ2v) is 6.21. The van der Waals surface area contributed by atoms with Gasteiger partial charge in [-0.1, -0.05) is 64.5 Å². The van der Waals surface area contributed by atoms with Gasteiger partial charge >= 0.3 is 6.09 Å². The van der Waals surface area contributed by atoms with E-state index in [1.807, 2.05) is 68.4 Å². The van der Waals surface area contributed by atoms with Crippen molar-refractivity contribution in [2.75, 3.05) is 0 Å². The van der Waals surface area contributed by atoms with E-state index >= 15 is 0 Å². The van der Waals surface area contributed by atoms with Gasteiger partial charge in [-0.05, 0) is 31.0 Å². The predicted octanol–water partition coefficient (Wildman–Crippen LogP) is 5.00. The first-order valence-electron chi connectivity index (χ1n) is 7.28. The standard InChI is InChI=1S/C18H20BrNO2/c1-14(2)20(12-16-10-6-7-11-17(16)19)18(21)22-13-15-8-4-3-5-9-15/h3-11,14H,12-13H2,1-2H3. The van der Waals surface area contributed by atoms with Crippen molar-refractivity contribution in [2.45, 2.75) is 33.0 Å². The van der Waals surface area contributed by atoms with E-state index in [-0.39, 0.29) is 12.1 Å². The highest BCUT2D eigenvalue weighted by molar-refractivity contribution is 9.10. The van der Waals surface area contributed by atoms with Crippen LogP contribution in [-0.2, 0) is 17.9 Å². The van der Waals surface area contributed by atoms with Gasteiger partial charge < -0.3 is 9.64 Å². The Balaban J connectivity index is 2.01. The Labute approximate surface area is 140 Å². The van der Waals surface area contributed by atoms with Crippen LogP contribution in [0.25, 0.3) is 0 Å². The molecule has 0 heterocycles. The molecule has 0 saturated carbocycles. The Kier molecular flexibility index (Phi) is 6.01. The van der Waals surface area contributed by atoms with Crippen LogP contribution in [0.2, 0.25) is 0 Å². The molecule has 0 unspecified atom stereocenters. The zero-order chi connectivity index (χ0) is 15.9. The van der Waals surface area contributed by atoms with Gasteiger partial charge in [0.2, 0.25) is 0 Å². The number of benzene rings is 2. The fourth-order valence-corrected chi connectivity index (χ4v) is 2.48. The third-order valence-electron chi connectivity index (χ3n) is 3.36. The van der Waals surface area contributed by atoms with Crippen molar-refractivity contribution in [3.8, 4) is 0 Å². The molecule has 3 nitrogen and oxygen atoms in total. The fourth-order valence-electron chi connectivity index (χ4n) is 2.07. The first-order valence-corrected chi connectivity index (χ1v) is 8.08. The quantitative estimate of drug-likeness (QED) is 0.749. The molecule has 0 bridgehead atoms. The van der Waals surface area contributed by atoms with E-state index in [0.717, 1.165) is 15.6 Å². The average molecular weight is 362 g/mol. The lowest BCUT2D eigenvalue weighted by Gasteiger charge is -2.26. The number of halogens is 1. The molecule has 1 amide bonds. The van der Waals surface area contributed by atoms with Crippen LogP contribution in [0.4, 0.5) is 4.79 Å². The summed E-state index contributed by atoms with van der Waals surface area (Å²) in [5, 5.41) is 0. The second kappa shape index (κ2) is 7.99. The summed E-state index contributed by atoms with van der Waals surface area (Å²) < 4.78 is 6.43. The normalized spacial score (nSPS) is 10.5. The largest absolute Gasteiger partial charge is 0.445 e. The molecular weight excluding hydrogens is 342 g/mol. The van der Waals surface area contributed by atoms with Crippen LogP contribution in [0, 0.1) is 0 Å². The number of ether oxygens (including phenoxy) is 1. The van der Waals surface area contributed by atoms with E-state index < -0.39 is 0 Å². The lowest BCUT2D eigenvalue weighted by atomic mass is 10.2. The minimum atomic E-state index is -0.297. The molecule has 0 aliphatic rings. The number of carbonyl (C=O) groups excluding carboxylic acids is 1. The summed E-state index contributed by atoms with van der Waals surface area (Å²) in [5.74, 6) is 0. The van der Waals surface area contributed by atoms with Crippen molar-refractivity contribution in [1.82, 2.24) is 4.90 Å². The molecule has 0 spiro atoms. The maximum absolute atomic E-state index is 12.4. The Morgan fingerprint density at radius 2 is 1.73 bits per heavy atom. The molecule has 2 aromatic rings. The zero-order valence-electron chi connectivity index (χ0n) is 12.8. The lowest BCUT2D eigenvalue weighted by Crippen LogP contribution is -2.36. The van der Waals surface area contributed by atoms with Gasteiger partial charge in [-0.3, -0.25) is 0 Å². The summed E-state index contributed by atoms with van der Waals surface area (Å²) in [5.41, 5.74) is 2.05. The predicted molar refractivity (Wildman–Crippen MR) is 91.4 cm³/mol. The average Bonchev–Trinajstić information content (AvgIpc) is 2.52. The van der Waals surface area contributed by atoms with Crippen molar-refractivity contribution < 1.29 is 9.53 Å². The monoisotopic (exact) mass is 361 g/mol. The molecule has 116 valence electrons. The summed E-state index contributed by atoms with van der Waals surface area (Å²) in [6.07, 6.45) is -0.297. The van der Waals surface area contributed by atoms with Crippen molar-refractivity contribution >= 4 is 22.0 Å². The van der Waals surface area contributed by atoms with Crippen LogP contribution in [-0.4, -0.2) is 17.0 Å². The SMILES string of the molecule is CC(C)N(Cc1ccccc1Br)C(=O)OCc1ccccc1. The first-order chi connectivity index (χ1) is 10.6. The highest BCUT2D eigenvalue weighted by atomic mass is 79.9. The van der Waals surface area contributed by atoms with Crippen LogP contribution >= 0.6 is 15.9 Å². The maximum atomic E-state index is 12.4. The number of amides is 1. The summed E-state index contributed by atoms with van der Waals surface area (Å²) in [7, 11) is 0. The third-order valence-corrected chi connectivity index (χ3v) is 4.14. The summed E-state index contributed by atoms with van der Waals surface area (Å²) in [6, 6.07) is 17.7. The molecular formula is C18H20BrNO2. The Hall–Kier alpha value is -1.81. The van der Waals surface area contributed by atoms with E-state index in [9.17, 15) is 4.79 Å². The van der Waals surface area contributed by atoms with Crippen molar-refractivity contribution in [3.05, 3.63) is 70.2 Å².